The number of carboxylic acids is 1. The molecule has 4 rings (SSSR count). The third-order valence-electron chi connectivity index (χ3n) is 5.11. The van der Waals surface area contributed by atoms with Gasteiger partial charge in [-0.15, -0.1) is 0 Å². The second kappa shape index (κ2) is 10.7. The molecule has 1 aromatic heterocycles. The fourth-order valence-corrected chi connectivity index (χ4v) is 3.86. The van der Waals surface area contributed by atoms with Crippen molar-refractivity contribution in [1.82, 2.24) is 9.88 Å². The SMILES string of the molecule is O=C(Cc1cccc(Br)c1)N1CCN(c2ccc3cnccc3c2)CC1.O=C(O)C(F)(F)F. The Morgan fingerprint density at radius 3 is 2.33 bits per heavy atom. The monoisotopic (exact) mass is 523 g/mol. The third kappa shape index (κ3) is 6.92. The number of hydrogen-bond donors (Lipinski definition) is 1. The molecule has 0 atom stereocenters. The fraction of sp³-hybridized carbons (Fsp3) is 0.261. The minimum atomic E-state index is -5.08. The number of nitrogens with zero attached hydrogens (tertiary/aromatic N) is 3. The highest BCUT2D eigenvalue weighted by molar-refractivity contribution is 9.10. The van der Waals surface area contributed by atoms with Gasteiger partial charge in [0, 0.05) is 54.1 Å². The molecule has 2 heterocycles. The van der Waals surface area contributed by atoms with Crippen molar-refractivity contribution < 1.29 is 27.9 Å². The average molecular weight is 524 g/mol. The Balaban J connectivity index is 0.000000383. The largest absolute Gasteiger partial charge is 0.490 e. The van der Waals surface area contributed by atoms with Crippen molar-refractivity contribution >= 4 is 44.3 Å². The van der Waals surface area contributed by atoms with Crippen molar-refractivity contribution in [3.8, 4) is 0 Å². The zero-order valence-corrected chi connectivity index (χ0v) is 19.0. The number of rotatable bonds is 3. The lowest BCUT2D eigenvalue weighted by molar-refractivity contribution is -0.192. The number of piperazine rings is 1. The van der Waals surface area contributed by atoms with Gasteiger partial charge in [0.2, 0.25) is 5.91 Å². The van der Waals surface area contributed by atoms with Crippen molar-refractivity contribution in [2.24, 2.45) is 0 Å². The Morgan fingerprint density at radius 1 is 1.00 bits per heavy atom. The number of fused-ring (bicyclic) bond motifs is 1. The van der Waals surface area contributed by atoms with Crippen LogP contribution >= 0.6 is 15.9 Å². The van der Waals surface area contributed by atoms with Gasteiger partial charge in [0.25, 0.3) is 0 Å². The predicted octanol–water partition coefficient (Wildman–Crippen LogP) is 4.52. The molecule has 1 fully saturated rings. The molecule has 1 N–H and O–H groups in total. The first-order chi connectivity index (χ1) is 15.6. The van der Waals surface area contributed by atoms with Crippen molar-refractivity contribution in [1.29, 1.82) is 0 Å². The zero-order chi connectivity index (χ0) is 24.0. The number of aromatic nitrogens is 1. The highest BCUT2D eigenvalue weighted by Crippen LogP contribution is 2.23. The Morgan fingerprint density at radius 2 is 1.70 bits per heavy atom. The van der Waals surface area contributed by atoms with Crippen LogP contribution in [0.3, 0.4) is 0 Å². The summed E-state index contributed by atoms with van der Waals surface area (Å²) >= 11 is 3.46. The van der Waals surface area contributed by atoms with Gasteiger partial charge >= 0.3 is 12.1 Å². The molecule has 0 radical (unpaired) electrons. The standard InChI is InChI=1S/C21H20BrN3O.C2HF3O2/c22-19-3-1-2-16(12-19)13-21(26)25-10-8-24(9-11-25)20-5-4-18-15-23-7-6-17(18)14-20;3-2(4,5)1(6)7/h1-7,12,14-15H,8-11,13H2;(H,6,7). The van der Waals surface area contributed by atoms with Crippen LogP contribution in [0.2, 0.25) is 0 Å². The van der Waals surface area contributed by atoms with Crippen LogP contribution in [0.5, 0.6) is 0 Å². The van der Waals surface area contributed by atoms with E-state index in [1.807, 2.05) is 47.6 Å². The van der Waals surface area contributed by atoms with Crippen LogP contribution in [0, 0.1) is 0 Å². The van der Waals surface area contributed by atoms with E-state index < -0.39 is 12.1 Å². The zero-order valence-electron chi connectivity index (χ0n) is 17.4. The molecule has 3 aromatic rings. The molecule has 0 aliphatic carbocycles. The van der Waals surface area contributed by atoms with Crippen molar-refractivity contribution in [3.05, 3.63) is 71.0 Å². The van der Waals surface area contributed by atoms with Crippen LogP contribution in [0.25, 0.3) is 10.8 Å². The van der Waals surface area contributed by atoms with Crippen LogP contribution in [0.4, 0.5) is 18.9 Å². The summed E-state index contributed by atoms with van der Waals surface area (Å²) in [5.74, 6) is -2.56. The molecule has 10 heteroatoms. The molecule has 2 aromatic carbocycles. The molecular formula is C23H21BrF3N3O3. The summed E-state index contributed by atoms with van der Waals surface area (Å²) in [6, 6.07) is 16.5. The van der Waals surface area contributed by atoms with Crippen LogP contribution in [0.15, 0.2) is 65.4 Å². The molecule has 1 saturated heterocycles. The second-order valence-electron chi connectivity index (χ2n) is 7.38. The first-order valence-corrected chi connectivity index (χ1v) is 10.8. The number of carboxylic acid groups (broad SMARTS) is 1. The minimum Gasteiger partial charge on any atom is -0.475 e. The summed E-state index contributed by atoms with van der Waals surface area (Å²) in [4.78, 5) is 30.0. The van der Waals surface area contributed by atoms with Crippen molar-refractivity contribution in [2.75, 3.05) is 31.1 Å². The summed E-state index contributed by atoms with van der Waals surface area (Å²) in [5.41, 5.74) is 2.26. The van der Waals surface area contributed by atoms with Gasteiger partial charge in [-0.25, -0.2) is 4.79 Å². The van der Waals surface area contributed by atoms with E-state index in [9.17, 15) is 18.0 Å². The maximum Gasteiger partial charge on any atom is 0.490 e. The van der Waals surface area contributed by atoms with E-state index >= 15 is 0 Å². The molecular weight excluding hydrogens is 503 g/mol. The Labute approximate surface area is 196 Å². The van der Waals surface area contributed by atoms with E-state index in [4.69, 9.17) is 9.90 Å². The van der Waals surface area contributed by atoms with Gasteiger partial charge in [-0.1, -0.05) is 34.1 Å². The van der Waals surface area contributed by atoms with E-state index in [2.05, 4.69) is 44.0 Å². The molecule has 6 nitrogen and oxygen atoms in total. The Kier molecular flexibility index (Phi) is 7.91. The lowest BCUT2D eigenvalue weighted by Gasteiger charge is -2.36. The molecule has 0 spiro atoms. The topological polar surface area (TPSA) is 73.7 Å². The number of aliphatic carboxylic acids is 1. The van der Waals surface area contributed by atoms with Crippen LogP contribution in [-0.2, 0) is 16.0 Å². The summed E-state index contributed by atoms with van der Waals surface area (Å²) in [6.07, 6.45) is -0.912. The van der Waals surface area contributed by atoms with Crippen molar-refractivity contribution in [3.63, 3.8) is 0 Å². The maximum atomic E-state index is 12.6. The third-order valence-corrected chi connectivity index (χ3v) is 5.60. The highest BCUT2D eigenvalue weighted by atomic mass is 79.9. The summed E-state index contributed by atoms with van der Waals surface area (Å²) < 4.78 is 32.7. The first kappa shape index (κ1) is 24.5. The number of alkyl halides is 3. The predicted molar refractivity (Wildman–Crippen MR) is 122 cm³/mol. The number of hydrogen-bond acceptors (Lipinski definition) is 4. The van der Waals surface area contributed by atoms with Crippen LogP contribution < -0.4 is 4.90 Å². The van der Waals surface area contributed by atoms with Gasteiger partial charge in [-0.05, 0) is 41.3 Å². The molecule has 0 saturated carbocycles. The van der Waals surface area contributed by atoms with E-state index in [0.717, 1.165) is 41.6 Å². The quantitative estimate of drug-likeness (QED) is 0.546. The summed E-state index contributed by atoms with van der Waals surface area (Å²) in [6.45, 7) is 3.25. The fourth-order valence-electron chi connectivity index (χ4n) is 3.41. The molecule has 1 aliphatic rings. The van der Waals surface area contributed by atoms with E-state index in [-0.39, 0.29) is 5.91 Å². The number of carbonyl (C=O) groups excluding carboxylic acids is 1. The number of benzene rings is 2. The molecule has 174 valence electrons. The molecule has 1 amide bonds. The second-order valence-corrected chi connectivity index (χ2v) is 8.30. The van der Waals surface area contributed by atoms with Gasteiger partial charge in [-0.3, -0.25) is 9.78 Å². The van der Waals surface area contributed by atoms with Gasteiger partial charge in [0.05, 0.1) is 6.42 Å². The van der Waals surface area contributed by atoms with Crippen LogP contribution in [0.1, 0.15) is 5.56 Å². The van der Waals surface area contributed by atoms with Crippen molar-refractivity contribution in [2.45, 2.75) is 12.6 Å². The number of pyridine rings is 1. The summed E-state index contributed by atoms with van der Waals surface area (Å²) in [5, 5.41) is 9.48. The lowest BCUT2D eigenvalue weighted by Crippen LogP contribution is -2.49. The summed E-state index contributed by atoms with van der Waals surface area (Å²) in [7, 11) is 0. The van der Waals surface area contributed by atoms with Crippen LogP contribution in [-0.4, -0.2) is 59.2 Å². The highest BCUT2D eigenvalue weighted by Gasteiger charge is 2.38. The van der Waals surface area contributed by atoms with Gasteiger partial charge < -0.3 is 14.9 Å². The molecule has 0 unspecified atom stereocenters. The first-order valence-electron chi connectivity index (χ1n) is 10.0. The van der Waals surface area contributed by atoms with Gasteiger partial charge in [0.1, 0.15) is 0 Å². The smallest absolute Gasteiger partial charge is 0.475 e. The van der Waals surface area contributed by atoms with E-state index in [1.165, 1.54) is 11.1 Å². The van der Waals surface area contributed by atoms with E-state index in [1.54, 1.807) is 0 Å². The number of anilines is 1. The number of carbonyl (C=O) groups is 2. The normalized spacial score (nSPS) is 13.9. The number of amides is 1. The Bertz CT molecular complexity index is 1130. The van der Waals surface area contributed by atoms with Gasteiger partial charge in [-0.2, -0.15) is 13.2 Å². The molecule has 1 aliphatic heterocycles. The van der Waals surface area contributed by atoms with E-state index in [0.29, 0.717) is 6.42 Å². The Hall–Kier alpha value is -3.14. The van der Waals surface area contributed by atoms with Gasteiger partial charge in [0.15, 0.2) is 0 Å². The lowest BCUT2D eigenvalue weighted by atomic mass is 10.1. The average Bonchev–Trinajstić information content (AvgIpc) is 2.78. The molecule has 0 bridgehead atoms. The maximum absolute atomic E-state index is 12.6. The minimum absolute atomic E-state index is 0.201. The number of halogens is 4. The molecule has 33 heavy (non-hydrogen) atoms.